The van der Waals surface area contributed by atoms with Crippen LogP contribution in [-0.4, -0.2) is 31.1 Å². The first-order valence-electron chi connectivity index (χ1n) is 13.7. The topological polar surface area (TPSA) is 69.6 Å². The van der Waals surface area contributed by atoms with Crippen LogP contribution in [0.3, 0.4) is 0 Å². The largest absolute Gasteiger partial charge is 0.478 e. The Morgan fingerprint density at radius 3 is 2.08 bits per heavy atom. The summed E-state index contributed by atoms with van der Waals surface area (Å²) in [4.78, 5) is 27.7. The van der Waals surface area contributed by atoms with E-state index in [2.05, 4.69) is 58.7 Å². The standard InChI is InChI=1S/C34H36N2O3/c1-23-28-8-7-9-31(30(28)19-18-29(23)32(37)38)35-33(39)34(20-5-4-6-21-34)22-24-10-12-25(13-11-24)26-14-16-27(17-15-26)36(2)3/h7-19H,4-6,20-22H2,1-3H3,(H,35,39)(H,37,38). The SMILES string of the molecule is Cc1c(C(=O)O)ccc2c(NC(=O)C3(Cc4ccc(-c5ccc(N(C)C)cc5)cc4)CCCCC3)cccc12. The lowest BCUT2D eigenvalue weighted by molar-refractivity contribution is -0.127. The highest BCUT2D eigenvalue weighted by Crippen LogP contribution is 2.41. The van der Waals surface area contributed by atoms with Gasteiger partial charge in [-0.15, -0.1) is 0 Å². The molecule has 0 saturated heterocycles. The van der Waals surface area contributed by atoms with Crippen molar-refractivity contribution in [3.63, 3.8) is 0 Å². The third-order valence-corrected chi connectivity index (χ3v) is 8.32. The van der Waals surface area contributed by atoms with E-state index in [4.69, 9.17) is 0 Å². The Labute approximate surface area is 230 Å². The van der Waals surface area contributed by atoms with Crippen LogP contribution in [0.4, 0.5) is 11.4 Å². The van der Waals surface area contributed by atoms with E-state index in [0.29, 0.717) is 12.0 Å². The fourth-order valence-corrected chi connectivity index (χ4v) is 5.97. The molecule has 1 aliphatic rings. The first-order chi connectivity index (χ1) is 18.8. The Morgan fingerprint density at radius 1 is 0.821 bits per heavy atom. The van der Waals surface area contributed by atoms with Gasteiger partial charge in [-0.25, -0.2) is 4.79 Å². The molecule has 200 valence electrons. The van der Waals surface area contributed by atoms with E-state index < -0.39 is 11.4 Å². The first-order valence-corrected chi connectivity index (χ1v) is 13.7. The number of carbonyl (C=O) groups is 2. The zero-order chi connectivity index (χ0) is 27.6. The number of anilines is 2. The van der Waals surface area contributed by atoms with Crippen LogP contribution in [-0.2, 0) is 11.2 Å². The number of carboxylic acids is 1. The van der Waals surface area contributed by atoms with Gasteiger partial charge < -0.3 is 15.3 Å². The van der Waals surface area contributed by atoms with Crippen LogP contribution in [0.25, 0.3) is 21.9 Å². The molecule has 0 radical (unpaired) electrons. The summed E-state index contributed by atoms with van der Waals surface area (Å²) < 4.78 is 0. The highest BCUT2D eigenvalue weighted by molar-refractivity contribution is 6.07. The van der Waals surface area contributed by atoms with Crippen LogP contribution >= 0.6 is 0 Å². The molecule has 0 bridgehead atoms. The molecule has 39 heavy (non-hydrogen) atoms. The number of amides is 1. The van der Waals surface area contributed by atoms with Crippen molar-refractivity contribution in [2.24, 2.45) is 5.41 Å². The van der Waals surface area contributed by atoms with Gasteiger partial charge in [-0.2, -0.15) is 0 Å². The molecule has 1 saturated carbocycles. The van der Waals surface area contributed by atoms with Crippen LogP contribution in [0.15, 0.2) is 78.9 Å². The molecule has 1 amide bonds. The maximum absolute atomic E-state index is 14.0. The normalized spacial score (nSPS) is 14.6. The van der Waals surface area contributed by atoms with Gasteiger partial charge >= 0.3 is 5.97 Å². The first kappa shape index (κ1) is 26.5. The van der Waals surface area contributed by atoms with Crippen LogP contribution in [0.5, 0.6) is 0 Å². The summed E-state index contributed by atoms with van der Waals surface area (Å²) in [7, 11) is 4.08. The maximum Gasteiger partial charge on any atom is 0.335 e. The van der Waals surface area contributed by atoms with E-state index in [0.717, 1.165) is 54.1 Å². The fraction of sp³-hybridized carbons (Fsp3) is 0.294. The Morgan fingerprint density at radius 2 is 1.46 bits per heavy atom. The Hall–Kier alpha value is -4.12. The Bertz CT molecular complexity index is 1500. The van der Waals surface area contributed by atoms with Gasteiger partial charge in [0.05, 0.1) is 11.0 Å². The molecule has 4 aromatic carbocycles. The van der Waals surface area contributed by atoms with Gasteiger partial charge in [-0.3, -0.25) is 4.79 Å². The summed E-state index contributed by atoms with van der Waals surface area (Å²) in [5.41, 5.74) is 5.94. The number of nitrogens with zero attached hydrogens (tertiary/aromatic N) is 1. The third-order valence-electron chi connectivity index (χ3n) is 8.32. The lowest BCUT2D eigenvalue weighted by Crippen LogP contribution is -2.40. The second kappa shape index (κ2) is 10.9. The molecule has 5 heteroatoms. The summed E-state index contributed by atoms with van der Waals surface area (Å²) >= 11 is 0. The summed E-state index contributed by atoms with van der Waals surface area (Å²) in [5.74, 6) is -0.889. The molecule has 0 aromatic heterocycles. The number of fused-ring (bicyclic) bond motifs is 1. The molecular formula is C34H36N2O3. The predicted octanol–water partition coefficient (Wildman–Crippen LogP) is 7.71. The smallest absolute Gasteiger partial charge is 0.335 e. The van der Waals surface area contributed by atoms with Gasteiger partial charge in [-0.1, -0.05) is 73.9 Å². The van der Waals surface area contributed by atoms with Crippen molar-refractivity contribution < 1.29 is 14.7 Å². The Kier molecular flexibility index (Phi) is 7.42. The monoisotopic (exact) mass is 520 g/mol. The van der Waals surface area contributed by atoms with Crippen LogP contribution in [0.2, 0.25) is 0 Å². The number of aryl methyl sites for hydroxylation is 1. The van der Waals surface area contributed by atoms with E-state index >= 15 is 0 Å². The molecule has 1 aliphatic carbocycles. The Balaban J connectivity index is 1.39. The summed E-state index contributed by atoms with van der Waals surface area (Å²) in [5, 5.41) is 14.5. The molecule has 0 spiro atoms. The summed E-state index contributed by atoms with van der Waals surface area (Å²) in [6.07, 6.45) is 5.66. The molecule has 4 aromatic rings. The number of hydrogen-bond acceptors (Lipinski definition) is 3. The van der Waals surface area contributed by atoms with Crippen LogP contribution in [0.1, 0.15) is 53.6 Å². The lowest BCUT2D eigenvalue weighted by Gasteiger charge is -2.36. The highest BCUT2D eigenvalue weighted by Gasteiger charge is 2.39. The van der Waals surface area contributed by atoms with E-state index in [1.165, 1.54) is 16.8 Å². The number of aromatic carboxylic acids is 1. The highest BCUT2D eigenvalue weighted by atomic mass is 16.4. The number of nitrogens with one attached hydrogen (secondary N) is 1. The molecule has 0 heterocycles. The van der Waals surface area contributed by atoms with Crippen molar-refractivity contribution in [3.8, 4) is 11.1 Å². The number of carboxylic acid groups (broad SMARTS) is 1. The van der Waals surface area contributed by atoms with Gasteiger partial charge in [0.25, 0.3) is 0 Å². The van der Waals surface area contributed by atoms with Gasteiger partial charge in [0.15, 0.2) is 0 Å². The van der Waals surface area contributed by atoms with E-state index in [9.17, 15) is 14.7 Å². The average molecular weight is 521 g/mol. The number of carbonyl (C=O) groups excluding carboxylic acids is 1. The number of rotatable bonds is 7. The van der Waals surface area contributed by atoms with E-state index in [1.54, 1.807) is 12.1 Å². The average Bonchev–Trinajstić information content (AvgIpc) is 2.94. The second-order valence-electron chi connectivity index (χ2n) is 11.1. The van der Waals surface area contributed by atoms with Gasteiger partial charge in [0.1, 0.15) is 0 Å². The quantitative estimate of drug-likeness (QED) is 0.262. The minimum absolute atomic E-state index is 0.0537. The van der Waals surface area contributed by atoms with Crippen molar-refractivity contribution in [1.29, 1.82) is 0 Å². The molecule has 5 nitrogen and oxygen atoms in total. The molecule has 5 rings (SSSR count). The molecule has 0 aliphatic heterocycles. The zero-order valence-electron chi connectivity index (χ0n) is 23.0. The van der Waals surface area contributed by atoms with Crippen molar-refractivity contribution in [2.75, 3.05) is 24.3 Å². The van der Waals surface area contributed by atoms with Crippen molar-refractivity contribution >= 4 is 34.0 Å². The van der Waals surface area contributed by atoms with E-state index in [-0.39, 0.29) is 11.5 Å². The molecular weight excluding hydrogens is 484 g/mol. The van der Waals surface area contributed by atoms with Gasteiger partial charge in [0, 0.05) is 30.9 Å². The molecule has 0 atom stereocenters. The molecule has 2 N–H and O–H groups in total. The second-order valence-corrected chi connectivity index (χ2v) is 11.1. The maximum atomic E-state index is 14.0. The molecule has 1 fully saturated rings. The van der Waals surface area contributed by atoms with E-state index in [1.807, 2.05) is 39.2 Å². The summed E-state index contributed by atoms with van der Waals surface area (Å²) in [6, 6.07) is 26.3. The number of benzene rings is 4. The minimum atomic E-state index is -0.943. The van der Waals surface area contributed by atoms with Crippen molar-refractivity contribution in [1.82, 2.24) is 0 Å². The summed E-state index contributed by atoms with van der Waals surface area (Å²) in [6.45, 7) is 1.82. The van der Waals surface area contributed by atoms with Crippen LogP contribution < -0.4 is 10.2 Å². The van der Waals surface area contributed by atoms with Crippen molar-refractivity contribution in [2.45, 2.75) is 45.4 Å². The predicted molar refractivity (Wildman–Crippen MR) is 160 cm³/mol. The zero-order valence-corrected chi connectivity index (χ0v) is 23.0. The lowest BCUT2D eigenvalue weighted by atomic mass is 9.69. The molecule has 0 unspecified atom stereocenters. The minimum Gasteiger partial charge on any atom is -0.478 e. The van der Waals surface area contributed by atoms with Gasteiger partial charge in [-0.05, 0) is 78.1 Å². The third kappa shape index (κ3) is 5.40. The fourth-order valence-electron chi connectivity index (χ4n) is 5.97. The van der Waals surface area contributed by atoms with Crippen LogP contribution in [0, 0.1) is 12.3 Å². The van der Waals surface area contributed by atoms with Crippen molar-refractivity contribution in [3.05, 3.63) is 95.6 Å². The van der Waals surface area contributed by atoms with Gasteiger partial charge in [0.2, 0.25) is 5.91 Å². The number of hydrogen-bond donors (Lipinski definition) is 2.